The molecular weight excluding hydrogens is 220 g/mol. The minimum Gasteiger partial charge on any atom is -0.490 e. The lowest BCUT2D eigenvalue weighted by atomic mass is 9.96. The zero-order chi connectivity index (χ0) is 12.3. The highest BCUT2D eigenvalue weighted by Crippen LogP contribution is 2.33. The topological polar surface area (TPSA) is 55.8 Å². The molecular formula is C13H16O4. The van der Waals surface area contributed by atoms with Gasteiger partial charge in [0.25, 0.3) is 0 Å². The summed E-state index contributed by atoms with van der Waals surface area (Å²) in [5.74, 6) is 0.0698. The van der Waals surface area contributed by atoms with E-state index in [9.17, 15) is 4.79 Å². The van der Waals surface area contributed by atoms with Gasteiger partial charge >= 0.3 is 5.97 Å². The highest BCUT2D eigenvalue weighted by molar-refractivity contribution is 5.76. The van der Waals surface area contributed by atoms with E-state index in [2.05, 4.69) is 0 Å². The smallest absolute Gasteiger partial charge is 0.310 e. The lowest BCUT2D eigenvalue weighted by molar-refractivity contribution is -0.138. The molecule has 0 saturated heterocycles. The second-order valence-corrected chi connectivity index (χ2v) is 4.06. The summed E-state index contributed by atoms with van der Waals surface area (Å²) in [4.78, 5) is 11.1. The minimum absolute atomic E-state index is 0.479. The molecule has 1 unspecified atom stereocenters. The second-order valence-electron chi connectivity index (χ2n) is 4.06. The molecule has 0 saturated carbocycles. The van der Waals surface area contributed by atoms with Crippen molar-refractivity contribution in [3.63, 3.8) is 0 Å². The second kappa shape index (κ2) is 5.08. The van der Waals surface area contributed by atoms with Crippen molar-refractivity contribution in [2.45, 2.75) is 25.7 Å². The Balaban J connectivity index is 2.31. The van der Waals surface area contributed by atoms with Gasteiger partial charge in [0, 0.05) is 6.42 Å². The standard InChI is InChI=1S/C13H16O4/c1-2-10(13(14)15)9-4-5-11-12(8-9)17-7-3-6-16-11/h4-5,8,10H,2-3,6-7H2,1H3,(H,14,15). The summed E-state index contributed by atoms with van der Waals surface area (Å²) in [6.45, 7) is 3.12. The summed E-state index contributed by atoms with van der Waals surface area (Å²) in [5, 5.41) is 9.11. The van der Waals surface area contributed by atoms with Gasteiger partial charge in [-0.3, -0.25) is 4.79 Å². The van der Waals surface area contributed by atoms with Crippen LogP contribution in [0.5, 0.6) is 11.5 Å². The molecule has 0 aromatic heterocycles. The molecule has 17 heavy (non-hydrogen) atoms. The average molecular weight is 236 g/mol. The number of fused-ring (bicyclic) bond motifs is 1. The van der Waals surface area contributed by atoms with Crippen molar-refractivity contribution in [1.29, 1.82) is 0 Å². The summed E-state index contributed by atoms with van der Waals surface area (Å²) in [7, 11) is 0. The molecule has 0 spiro atoms. The van der Waals surface area contributed by atoms with E-state index in [-0.39, 0.29) is 0 Å². The number of aliphatic carboxylic acids is 1. The number of ether oxygens (including phenoxy) is 2. The third kappa shape index (κ3) is 2.52. The summed E-state index contributed by atoms with van der Waals surface area (Å²) < 4.78 is 11.1. The molecule has 1 aliphatic heterocycles. The maximum absolute atomic E-state index is 11.1. The normalized spacial score (nSPS) is 16.1. The van der Waals surface area contributed by atoms with Crippen LogP contribution < -0.4 is 9.47 Å². The van der Waals surface area contributed by atoms with E-state index in [0.717, 1.165) is 12.0 Å². The number of carboxylic acid groups (broad SMARTS) is 1. The van der Waals surface area contributed by atoms with Crippen molar-refractivity contribution in [2.24, 2.45) is 0 Å². The molecule has 92 valence electrons. The van der Waals surface area contributed by atoms with Crippen molar-refractivity contribution in [1.82, 2.24) is 0 Å². The molecule has 0 aliphatic carbocycles. The molecule has 1 heterocycles. The molecule has 2 rings (SSSR count). The van der Waals surface area contributed by atoms with Crippen LogP contribution in [0.3, 0.4) is 0 Å². The molecule has 1 N–H and O–H groups in total. The van der Waals surface area contributed by atoms with Crippen molar-refractivity contribution in [2.75, 3.05) is 13.2 Å². The van der Waals surface area contributed by atoms with E-state index in [1.165, 1.54) is 0 Å². The Labute approximate surface area is 100 Å². The number of carboxylic acids is 1. The number of hydrogen-bond acceptors (Lipinski definition) is 3. The average Bonchev–Trinajstić information content (AvgIpc) is 2.54. The third-order valence-corrected chi connectivity index (χ3v) is 2.88. The van der Waals surface area contributed by atoms with E-state index in [1.807, 2.05) is 6.92 Å². The van der Waals surface area contributed by atoms with Gasteiger partial charge in [0.05, 0.1) is 19.1 Å². The lowest BCUT2D eigenvalue weighted by Gasteiger charge is -2.13. The van der Waals surface area contributed by atoms with E-state index in [4.69, 9.17) is 14.6 Å². The Hall–Kier alpha value is -1.71. The van der Waals surface area contributed by atoms with E-state index >= 15 is 0 Å². The van der Waals surface area contributed by atoms with Gasteiger partial charge in [0.2, 0.25) is 0 Å². The van der Waals surface area contributed by atoms with Gasteiger partial charge in [-0.15, -0.1) is 0 Å². The molecule has 4 heteroatoms. The van der Waals surface area contributed by atoms with Crippen molar-refractivity contribution in [3.05, 3.63) is 23.8 Å². The van der Waals surface area contributed by atoms with Crippen LogP contribution >= 0.6 is 0 Å². The highest BCUT2D eigenvalue weighted by atomic mass is 16.5. The highest BCUT2D eigenvalue weighted by Gasteiger charge is 2.20. The molecule has 0 bridgehead atoms. The van der Waals surface area contributed by atoms with Crippen LogP contribution in [0.2, 0.25) is 0 Å². The number of benzene rings is 1. The van der Waals surface area contributed by atoms with E-state index < -0.39 is 11.9 Å². The molecule has 1 aromatic carbocycles. The lowest BCUT2D eigenvalue weighted by Crippen LogP contribution is -2.10. The third-order valence-electron chi connectivity index (χ3n) is 2.88. The Bertz CT molecular complexity index is 414. The van der Waals surface area contributed by atoms with E-state index in [1.54, 1.807) is 18.2 Å². The number of rotatable bonds is 3. The first kappa shape index (κ1) is 11.8. The van der Waals surface area contributed by atoms with Crippen LogP contribution in [0.15, 0.2) is 18.2 Å². The van der Waals surface area contributed by atoms with Crippen molar-refractivity contribution >= 4 is 5.97 Å². The first-order valence-electron chi connectivity index (χ1n) is 5.84. The van der Waals surface area contributed by atoms with Crippen LogP contribution in [-0.4, -0.2) is 24.3 Å². The zero-order valence-electron chi connectivity index (χ0n) is 9.81. The quantitative estimate of drug-likeness (QED) is 0.875. The summed E-state index contributed by atoms with van der Waals surface area (Å²) in [6, 6.07) is 5.38. The predicted octanol–water partition coefficient (Wildman–Crippen LogP) is 2.43. The molecule has 1 atom stereocenters. The Morgan fingerprint density at radius 1 is 1.35 bits per heavy atom. The van der Waals surface area contributed by atoms with Crippen LogP contribution in [0, 0.1) is 0 Å². The first-order chi connectivity index (χ1) is 8.22. The predicted molar refractivity (Wildman–Crippen MR) is 62.7 cm³/mol. The SMILES string of the molecule is CCC(C(=O)O)c1ccc2c(c1)OCCCO2. The van der Waals surface area contributed by atoms with Crippen LogP contribution in [0.25, 0.3) is 0 Å². The largest absolute Gasteiger partial charge is 0.490 e. The monoisotopic (exact) mass is 236 g/mol. The minimum atomic E-state index is -0.804. The summed E-state index contributed by atoms with van der Waals surface area (Å²) in [6.07, 6.45) is 1.41. The van der Waals surface area contributed by atoms with Gasteiger partial charge in [-0.2, -0.15) is 0 Å². The van der Waals surface area contributed by atoms with E-state index in [0.29, 0.717) is 31.1 Å². The maximum Gasteiger partial charge on any atom is 0.310 e. The van der Waals surface area contributed by atoms with Gasteiger partial charge in [-0.25, -0.2) is 0 Å². The fraction of sp³-hybridized carbons (Fsp3) is 0.462. The number of hydrogen-bond donors (Lipinski definition) is 1. The summed E-state index contributed by atoms with van der Waals surface area (Å²) in [5.41, 5.74) is 0.768. The zero-order valence-corrected chi connectivity index (χ0v) is 9.81. The molecule has 0 amide bonds. The van der Waals surface area contributed by atoms with Gasteiger partial charge < -0.3 is 14.6 Å². The molecule has 1 aromatic rings. The van der Waals surface area contributed by atoms with Crippen LogP contribution in [0.1, 0.15) is 31.2 Å². The van der Waals surface area contributed by atoms with Crippen LogP contribution in [0.4, 0.5) is 0 Å². The fourth-order valence-electron chi connectivity index (χ4n) is 1.95. The summed E-state index contributed by atoms with van der Waals surface area (Å²) >= 11 is 0. The molecule has 4 nitrogen and oxygen atoms in total. The van der Waals surface area contributed by atoms with Crippen molar-refractivity contribution in [3.8, 4) is 11.5 Å². The molecule has 1 aliphatic rings. The maximum atomic E-state index is 11.1. The van der Waals surface area contributed by atoms with Crippen molar-refractivity contribution < 1.29 is 19.4 Å². The van der Waals surface area contributed by atoms with Gasteiger partial charge in [0.15, 0.2) is 11.5 Å². The Kier molecular flexibility index (Phi) is 3.52. The Morgan fingerprint density at radius 3 is 2.71 bits per heavy atom. The Morgan fingerprint density at radius 2 is 2.06 bits per heavy atom. The number of carbonyl (C=O) groups is 1. The first-order valence-corrected chi connectivity index (χ1v) is 5.84. The van der Waals surface area contributed by atoms with Gasteiger partial charge in [-0.05, 0) is 24.1 Å². The van der Waals surface area contributed by atoms with Crippen LogP contribution in [-0.2, 0) is 4.79 Å². The fourth-order valence-corrected chi connectivity index (χ4v) is 1.95. The molecule has 0 fully saturated rings. The molecule has 0 radical (unpaired) electrons. The van der Waals surface area contributed by atoms with Gasteiger partial charge in [-0.1, -0.05) is 13.0 Å². The van der Waals surface area contributed by atoms with Gasteiger partial charge in [0.1, 0.15) is 0 Å².